The van der Waals surface area contributed by atoms with Crippen LogP contribution in [0.25, 0.3) is 0 Å². The molecule has 12 nitrogen and oxygen atoms in total. The monoisotopic (exact) mass is 380 g/mol. The number of amides is 2. The Kier molecular flexibility index (Phi) is 10.5. The van der Waals surface area contributed by atoms with Gasteiger partial charge in [-0.2, -0.15) is 0 Å². The van der Waals surface area contributed by atoms with Gasteiger partial charge in [-0.05, 0) is 19.1 Å². The first kappa shape index (κ1) is 22.9. The van der Waals surface area contributed by atoms with Crippen LogP contribution in [-0.2, 0) is 14.4 Å². The smallest absolute Gasteiger partial charge is 0.328 e. The van der Waals surface area contributed by atoms with Crippen molar-refractivity contribution in [3.05, 3.63) is 0 Å². The second-order valence-corrected chi connectivity index (χ2v) is 5.61. The Balaban J connectivity index is 4.61. The fourth-order valence-corrected chi connectivity index (χ4v) is 1.90. The molecule has 0 spiro atoms. The summed E-state index contributed by atoms with van der Waals surface area (Å²) in [6.07, 6.45) is -1.40. The van der Waals surface area contributed by atoms with E-state index in [1.165, 1.54) is 6.92 Å². The highest BCUT2D eigenvalue weighted by molar-refractivity contribution is 7.80. The standard InChI is InChI=1S/C12H24N6O6S/c1-5(20)9(11(23)24)17-12(25)16-6(2-8(14)21)3-15-18-10(22)7(13)4-19/h5-7,9,15,19-20H,2-4,13H2,1H3,(H2,14,21)(H,18,22)(H,23,24)(H2,16,17,25). The number of aliphatic hydroxyl groups excluding tert-OH is 2. The topological polar surface area (TPSA) is 212 Å². The van der Waals surface area contributed by atoms with E-state index in [9.17, 15) is 19.5 Å². The number of carbonyl (C=O) groups is 3. The van der Waals surface area contributed by atoms with E-state index >= 15 is 0 Å². The van der Waals surface area contributed by atoms with E-state index in [2.05, 4.69) is 21.5 Å². The number of carboxylic acid groups (broad SMARTS) is 1. The van der Waals surface area contributed by atoms with Crippen LogP contribution in [0.4, 0.5) is 0 Å². The lowest BCUT2D eigenvalue weighted by atomic mass is 10.2. The van der Waals surface area contributed by atoms with Crippen LogP contribution < -0.4 is 33.0 Å². The summed E-state index contributed by atoms with van der Waals surface area (Å²) in [5.74, 6) is -2.64. The quantitative estimate of drug-likeness (QED) is 0.123. The third-order valence-electron chi connectivity index (χ3n) is 2.91. The normalized spacial score (nSPS) is 15.4. The zero-order chi connectivity index (χ0) is 19.6. The minimum absolute atomic E-state index is 0.0128. The lowest BCUT2D eigenvalue weighted by Crippen LogP contribution is -2.56. The molecule has 4 unspecified atom stereocenters. The number of aliphatic carboxylic acids is 1. The highest BCUT2D eigenvalue weighted by atomic mass is 32.1. The first-order chi connectivity index (χ1) is 11.6. The number of primary amides is 1. The Labute approximate surface area is 149 Å². The van der Waals surface area contributed by atoms with Crippen LogP contribution in [0.15, 0.2) is 0 Å². The van der Waals surface area contributed by atoms with Gasteiger partial charge in [0.25, 0.3) is 5.91 Å². The molecule has 25 heavy (non-hydrogen) atoms. The van der Waals surface area contributed by atoms with Crippen molar-refractivity contribution in [3.8, 4) is 0 Å². The molecule has 0 saturated carbocycles. The summed E-state index contributed by atoms with van der Waals surface area (Å²) in [5.41, 5.74) is 15.1. The molecule has 0 bridgehead atoms. The van der Waals surface area contributed by atoms with Gasteiger partial charge in [0.1, 0.15) is 6.04 Å². The summed E-state index contributed by atoms with van der Waals surface area (Å²) < 4.78 is 0. The minimum atomic E-state index is -1.34. The van der Waals surface area contributed by atoms with Gasteiger partial charge in [-0.15, -0.1) is 0 Å². The van der Waals surface area contributed by atoms with Crippen molar-refractivity contribution >= 4 is 35.1 Å². The van der Waals surface area contributed by atoms with Crippen molar-refractivity contribution in [1.82, 2.24) is 21.5 Å². The summed E-state index contributed by atoms with van der Waals surface area (Å²) >= 11 is 4.94. The molecule has 0 aliphatic rings. The Morgan fingerprint density at radius 3 is 2.28 bits per heavy atom. The summed E-state index contributed by atoms with van der Waals surface area (Å²) in [6, 6.07) is -3.14. The van der Waals surface area contributed by atoms with Crippen LogP contribution in [0.2, 0.25) is 0 Å². The Morgan fingerprint density at radius 2 is 1.84 bits per heavy atom. The van der Waals surface area contributed by atoms with Gasteiger partial charge in [-0.1, -0.05) is 0 Å². The van der Waals surface area contributed by atoms with E-state index in [-0.39, 0.29) is 18.1 Å². The number of rotatable bonds is 11. The van der Waals surface area contributed by atoms with Gasteiger partial charge in [-0.25, -0.2) is 10.2 Å². The fraction of sp³-hybridized carbons (Fsp3) is 0.667. The predicted octanol–water partition coefficient (Wildman–Crippen LogP) is -4.53. The van der Waals surface area contributed by atoms with E-state index < -0.39 is 48.6 Å². The Bertz CT molecular complexity index is 491. The van der Waals surface area contributed by atoms with Crippen LogP contribution in [0.1, 0.15) is 13.3 Å². The van der Waals surface area contributed by atoms with Gasteiger partial charge >= 0.3 is 5.97 Å². The van der Waals surface area contributed by atoms with Crippen molar-refractivity contribution in [1.29, 1.82) is 0 Å². The molecule has 0 aromatic carbocycles. The molecule has 0 saturated heterocycles. The third-order valence-corrected chi connectivity index (χ3v) is 3.15. The molecular weight excluding hydrogens is 356 g/mol. The van der Waals surface area contributed by atoms with Gasteiger partial charge < -0.3 is 37.4 Å². The number of nitrogens with one attached hydrogen (secondary N) is 4. The number of hydrogen-bond acceptors (Lipinski definition) is 8. The van der Waals surface area contributed by atoms with E-state index in [0.29, 0.717) is 0 Å². The number of carboxylic acids is 1. The van der Waals surface area contributed by atoms with E-state index in [1.807, 2.05) is 0 Å². The van der Waals surface area contributed by atoms with Crippen molar-refractivity contribution in [3.63, 3.8) is 0 Å². The lowest BCUT2D eigenvalue weighted by Gasteiger charge is -2.24. The molecule has 0 aromatic heterocycles. The summed E-state index contributed by atoms with van der Waals surface area (Å²) in [6.45, 7) is 0.720. The summed E-state index contributed by atoms with van der Waals surface area (Å²) in [7, 11) is 0. The average Bonchev–Trinajstić information content (AvgIpc) is 2.50. The SMILES string of the molecule is CC(O)C(NC(=S)NC(CNNC(=O)C(N)CO)CC(N)=O)C(=O)O. The number of hydrazine groups is 1. The first-order valence-electron chi connectivity index (χ1n) is 7.23. The number of nitrogens with two attached hydrogens (primary N) is 2. The molecule has 0 fully saturated rings. The Morgan fingerprint density at radius 1 is 1.24 bits per heavy atom. The van der Waals surface area contributed by atoms with Crippen LogP contribution in [0, 0.1) is 0 Å². The Hall–Kier alpha value is -2.06. The van der Waals surface area contributed by atoms with E-state index in [1.54, 1.807) is 0 Å². The first-order valence-corrected chi connectivity index (χ1v) is 7.64. The molecule has 2 amide bonds. The van der Waals surface area contributed by atoms with Crippen molar-refractivity contribution in [2.24, 2.45) is 11.5 Å². The van der Waals surface area contributed by atoms with Crippen molar-refractivity contribution < 1.29 is 29.7 Å². The summed E-state index contributed by atoms with van der Waals surface area (Å²) in [5, 5.41) is 32.0. The number of thiocarbonyl (C=S) groups is 1. The fourth-order valence-electron chi connectivity index (χ4n) is 1.61. The van der Waals surface area contributed by atoms with Crippen LogP contribution in [0.3, 0.4) is 0 Å². The van der Waals surface area contributed by atoms with Crippen LogP contribution in [0.5, 0.6) is 0 Å². The largest absolute Gasteiger partial charge is 0.480 e. The van der Waals surface area contributed by atoms with Gasteiger partial charge in [0.05, 0.1) is 18.8 Å². The molecule has 0 rings (SSSR count). The molecule has 11 N–H and O–H groups in total. The highest BCUT2D eigenvalue weighted by Gasteiger charge is 2.24. The average molecular weight is 380 g/mol. The van der Waals surface area contributed by atoms with E-state index in [0.717, 1.165) is 0 Å². The molecule has 144 valence electrons. The second kappa shape index (κ2) is 11.5. The second-order valence-electron chi connectivity index (χ2n) is 5.20. The zero-order valence-electron chi connectivity index (χ0n) is 13.6. The predicted molar refractivity (Wildman–Crippen MR) is 90.8 cm³/mol. The number of aliphatic hydroxyl groups is 2. The number of carbonyl (C=O) groups excluding carboxylic acids is 2. The van der Waals surface area contributed by atoms with Crippen LogP contribution in [-0.4, -0.2) is 75.6 Å². The third kappa shape index (κ3) is 9.73. The molecule has 0 aliphatic carbocycles. The zero-order valence-corrected chi connectivity index (χ0v) is 14.4. The molecule has 13 heteroatoms. The lowest BCUT2D eigenvalue weighted by molar-refractivity contribution is -0.141. The molecular formula is C12H24N6O6S. The molecule has 0 aromatic rings. The maximum absolute atomic E-state index is 11.4. The minimum Gasteiger partial charge on any atom is -0.480 e. The summed E-state index contributed by atoms with van der Waals surface area (Å²) in [4.78, 5) is 33.5. The van der Waals surface area contributed by atoms with Crippen molar-refractivity contribution in [2.45, 2.75) is 37.6 Å². The van der Waals surface area contributed by atoms with Crippen LogP contribution >= 0.6 is 12.2 Å². The molecule has 0 aliphatic heterocycles. The molecule has 4 atom stereocenters. The van der Waals surface area contributed by atoms with Gasteiger partial charge in [-0.3, -0.25) is 15.0 Å². The highest BCUT2D eigenvalue weighted by Crippen LogP contribution is 1.95. The van der Waals surface area contributed by atoms with Gasteiger partial charge in [0.15, 0.2) is 11.2 Å². The van der Waals surface area contributed by atoms with Crippen molar-refractivity contribution in [2.75, 3.05) is 13.2 Å². The number of hydrogen-bond donors (Lipinski definition) is 9. The maximum atomic E-state index is 11.4. The molecule has 0 radical (unpaired) electrons. The maximum Gasteiger partial charge on any atom is 0.328 e. The van der Waals surface area contributed by atoms with Gasteiger partial charge in [0, 0.05) is 13.0 Å². The molecule has 0 heterocycles. The van der Waals surface area contributed by atoms with Gasteiger partial charge in [0.2, 0.25) is 5.91 Å². The van der Waals surface area contributed by atoms with E-state index in [4.69, 9.17) is 33.9 Å².